The first kappa shape index (κ1) is 14.0. The van der Waals surface area contributed by atoms with Crippen molar-refractivity contribution in [3.8, 4) is 5.75 Å². The van der Waals surface area contributed by atoms with Crippen LogP contribution in [0.1, 0.15) is 29.6 Å². The lowest BCUT2D eigenvalue weighted by molar-refractivity contribution is 0.0991. The van der Waals surface area contributed by atoms with Gasteiger partial charge in [-0.2, -0.15) is 0 Å². The van der Waals surface area contributed by atoms with Gasteiger partial charge in [-0.3, -0.25) is 4.79 Å². The Balaban J connectivity index is 1.83. The van der Waals surface area contributed by atoms with Gasteiger partial charge in [0.25, 0.3) is 0 Å². The minimum absolute atomic E-state index is 0.120. The molecule has 0 N–H and O–H groups in total. The average molecular weight is 402 g/mol. The summed E-state index contributed by atoms with van der Waals surface area (Å²) < 4.78 is 5.75. The first-order chi connectivity index (χ1) is 10.7. The average Bonchev–Trinajstić information content (AvgIpc) is 2.50. The summed E-state index contributed by atoms with van der Waals surface area (Å²) in [4.78, 5) is 12.5. The van der Waals surface area contributed by atoms with E-state index < -0.39 is 0 Å². The molecule has 0 aromatic heterocycles. The normalized spacial score (nSPS) is 20.2. The molecule has 4 rings (SSSR count). The molecule has 0 bridgehead atoms. The Morgan fingerprint density at radius 1 is 0.955 bits per heavy atom. The zero-order chi connectivity index (χ0) is 15.1. The molecule has 110 valence electrons. The lowest BCUT2D eigenvalue weighted by Crippen LogP contribution is -2.30. The van der Waals surface area contributed by atoms with E-state index in [1.54, 1.807) is 0 Å². The summed E-state index contributed by atoms with van der Waals surface area (Å²) in [5.41, 5.74) is 2.21. The van der Waals surface area contributed by atoms with Gasteiger partial charge in [-0.05, 0) is 36.6 Å². The number of Topliss-reactive ketones (excluding diaryl/α,β-unsaturated/α-hetero) is 1. The number of carbonyl (C=O) groups is 1. The van der Waals surface area contributed by atoms with Crippen LogP contribution in [0.2, 0.25) is 0 Å². The number of rotatable bonds is 0. The van der Waals surface area contributed by atoms with Gasteiger partial charge in [-0.15, -0.1) is 0 Å². The lowest BCUT2D eigenvalue weighted by atomic mass is 9.90. The number of hydrogen-bond donors (Lipinski definition) is 0. The molecule has 2 nitrogen and oxygen atoms in total. The van der Waals surface area contributed by atoms with Crippen molar-refractivity contribution < 1.29 is 9.53 Å². The van der Waals surface area contributed by atoms with Crippen molar-refractivity contribution in [3.05, 3.63) is 64.5 Å². The second-order valence-electron chi connectivity index (χ2n) is 5.72. The second-order valence-corrected chi connectivity index (χ2v) is 6.97. The molecule has 1 fully saturated rings. The molecule has 1 heterocycles. The summed E-state index contributed by atoms with van der Waals surface area (Å²) in [5, 5.41) is 2.31. The van der Waals surface area contributed by atoms with Crippen molar-refractivity contribution in [2.75, 3.05) is 0 Å². The topological polar surface area (TPSA) is 26.3 Å². The molecule has 0 amide bonds. The van der Waals surface area contributed by atoms with Gasteiger partial charge in [0.05, 0.1) is 5.56 Å². The third kappa shape index (κ3) is 2.28. The van der Waals surface area contributed by atoms with E-state index in [4.69, 9.17) is 4.74 Å². The molecule has 1 atom stereocenters. The largest absolute Gasteiger partial charge is 0.459 e. The molecule has 1 aliphatic heterocycles. The molecule has 1 aliphatic carbocycles. The quantitative estimate of drug-likeness (QED) is 0.500. The predicted molar refractivity (Wildman–Crippen MR) is 95.6 cm³/mol. The van der Waals surface area contributed by atoms with E-state index in [-0.39, 0.29) is 9.71 Å². The molecule has 1 unspecified atom stereocenters. The van der Waals surface area contributed by atoms with Crippen LogP contribution in [-0.2, 0) is 0 Å². The standard InChI is InChI=1S/C19H15IO2/c20-17-18(21)15-6-1-2-7-16(15)22-19(17)14-10-8-13(9-11-14)12-4-3-5-12/h1-2,6-11,17H,3-5H2. The van der Waals surface area contributed by atoms with Crippen LogP contribution in [0.25, 0.3) is 11.3 Å². The zero-order valence-electron chi connectivity index (χ0n) is 12.0. The first-order valence-electron chi connectivity index (χ1n) is 7.51. The van der Waals surface area contributed by atoms with E-state index in [0.717, 1.165) is 11.0 Å². The Hall–Kier alpha value is -1.62. The van der Waals surface area contributed by atoms with Crippen LogP contribution in [0, 0.1) is 0 Å². The van der Waals surface area contributed by atoms with Gasteiger partial charge < -0.3 is 4.74 Å². The fourth-order valence-corrected chi connectivity index (χ4v) is 3.72. The number of para-hydroxylation sites is 1. The maximum absolute atomic E-state index is 12.5. The Morgan fingerprint density at radius 3 is 2.32 bits per heavy atom. The Kier molecular flexibility index (Phi) is 3.53. The summed E-state index contributed by atoms with van der Waals surface area (Å²) in [6.45, 7) is 0. The number of carbonyl (C=O) groups excluding carboxylic acids is 1. The summed E-state index contributed by atoms with van der Waals surface area (Å²) in [5.74, 6) is 1.53. The van der Waals surface area contributed by atoms with Gasteiger partial charge in [0.2, 0.25) is 0 Å². The number of ketones is 1. The van der Waals surface area contributed by atoms with Crippen molar-refractivity contribution in [1.29, 1.82) is 0 Å². The third-order valence-corrected chi connectivity index (χ3v) is 5.50. The molecular formula is C19H15IO2. The maximum Gasteiger partial charge on any atom is 0.187 e. The number of alkyl halides is 1. The number of benzene rings is 2. The molecule has 22 heavy (non-hydrogen) atoms. The van der Waals surface area contributed by atoms with Gasteiger partial charge in [0, 0.05) is 5.22 Å². The van der Waals surface area contributed by atoms with Crippen LogP contribution >= 0.6 is 22.6 Å². The van der Waals surface area contributed by atoms with E-state index >= 15 is 0 Å². The Bertz CT molecular complexity index is 853. The van der Waals surface area contributed by atoms with Crippen LogP contribution in [-0.4, -0.2) is 9.71 Å². The van der Waals surface area contributed by atoms with Gasteiger partial charge in [0.1, 0.15) is 15.4 Å². The predicted octanol–water partition coefficient (Wildman–Crippen LogP) is 3.21. The van der Waals surface area contributed by atoms with Gasteiger partial charge in [0.15, 0.2) is 5.78 Å². The minimum Gasteiger partial charge on any atom is -0.459 e. The first-order valence-corrected chi connectivity index (χ1v) is 8.76. The summed E-state index contributed by atoms with van der Waals surface area (Å²) in [7, 11) is 0. The van der Waals surface area contributed by atoms with Crippen LogP contribution in [0.5, 0.6) is 5.75 Å². The third-order valence-electron chi connectivity index (χ3n) is 4.37. The summed E-state index contributed by atoms with van der Waals surface area (Å²) in [6, 6.07) is 15.9. The van der Waals surface area contributed by atoms with Crippen LogP contribution in [0.15, 0.2) is 48.5 Å². The summed E-state index contributed by atoms with van der Waals surface area (Å²) in [6.07, 6.45) is 3.74. The smallest absolute Gasteiger partial charge is 0.187 e. The maximum atomic E-state index is 12.5. The van der Waals surface area contributed by atoms with E-state index in [9.17, 15) is 4.79 Å². The van der Waals surface area contributed by atoms with Gasteiger partial charge in [-0.1, -0.05) is 64.6 Å². The van der Waals surface area contributed by atoms with Crippen molar-refractivity contribution in [3.63, 3.8) is 0 Å². The molecule has 3 heteroatoms. The molecular weight excluding hydrogens is 387 g/mol. The minimum atomic E-state index is -0.269. The van der Waals surface area contributed by atoms with E-state index in [1.807, 2.05) is 24.3 Å². The molecule has 0 spiro atoms. The Labute approximate surface area is 142 Å². The summed E-state index contributed by atoms with van der Waals surface area (Å²) >= 11 is 2.17. The van der Waals surface area contributed by atoms with Crippen LogP contribution in [0.3, 0.4) is 0 Å². The van der Waals surface area contributed by atoms with Crippen molar-refractivity contribution in [1.82, 2.24) is 0 Å². The molecule has 0 radical (unpaired) electrons. The highest BCUT2D eigenvalue weighted by Gasteiger charge is 2.31. The number of halogens is 1. The fourth-order valence-electron chi connectivity index (χ4n) is 2.90. The van der Waals surface area contributed by atoms with E-state index in [1.165, 1.54) is 30.1 Å². The Morgan fingerprint density at radius 2 is 1.64 bits per heavy atom. The highest BCUT2D eigenvalue weighted by molar-refractivity contribution is 14.1. The number of hydrogen-bond acceptors (Lipinski definition) is 2. The fraction of sp³-hybridized carbons (Fsp3) is 0.211. The lowest BCUT2D eigenvalue weighted by Gasteiger charge is -2.23. The van der Waals surface area contributed by atoms with E-state index in [2.05, 4.69) is 46.9 Å². The molecule has 2 aliphatic rings. The molecule has 0 saturated heterocycles. The second kappa shape index (κ2) is 5.54. The van der Waals surface area contributed by atoms with Crippen LogP contribution in [0.4, 0.5) is 0 Å². The van der Waals surface area contributed by atoms with Gasteiger partial charge >= 0.3 is 0 Å². The zero-order valence-corrected chi connectivity index (χ0v) is 14.2. The number of ether oxygens (including phenoxy) is 1. The number of fused-ring (bicyclic) bond motifs is 1. The van der Waals surface area contributed by atoms with Crippen molar-refractivity contribution >= 4 is 39.7 Å². The monoisotopic (exact) mass is 402 g/mol. The van der Waals surface area contributed by atoms with E-state index in [0.29, 0.717) is 11.3 Å². The molecule has 1 saturated carbocycles. The molecule has 2 aromatic rings. The SMILES string of the molecule is O=C1c2ccccc2OC(=c2ccc(=C3CCC3)cc2)C1I. The van der Waals surface area contributed by atoms with Crippen molar-refractivity contribution in [2.45, 2.75) is 23.2 Å². The highest BCUT2D eigenvalue weighted by Crippen LogP contribution is 2.33. The van der Waals surface area contributed by atoms with Crippen LogP contribution < -0.4 is 15.2 Å². The van der Waals surface area contributed by atoms with Gasteiger partial charge in [-0.25, -0.2) is 0 Å². The van der Waals surface area contributed by atoms with Crippen molar-refractivity contribution in [2.24, 2.45) is 0 Å². The highest BCUT2D eigenvalue weighted by atomic mass is 127. The molecule has 2 aromatic carbocycles.